The third kappa shape index (κ3) is 3.88. The molecule has 27 heavy (non-hydrogen) atoms. The minimum atomic E-state index is -4.49. The van der Waals surface area contributed by atoms with Gasteiger partial charge in [0.15, 0.2) is 0 Å². The summed E-state index contributed by atoms with van der Waals surface area (Å²) in [5.41, 5.74) is -1.67. The number of hydrogen-bond acceptors (Lipinski definition) is 4. The SMILES string of the molecule is OC1(Cn2c(C(F)(F)F)cc3cccnc32)CCN(Cc2cccs2)CC1. The number of rotatable bonds is 4. The van der Waals surface area contributed by atoms with E-state index in [9.17, 15) is 18.3 Å². The fraction of sp³-hybridized carbons (Fsp3) is 0.421. The second-order valence-corrected chi connectivity index (χ2v) is 8.14. The normalized spacial score (nSPS) is 18.2. The van der Waals surface area contributed by atoms with Crippen LogP contribution in [0, 0.1) is 0 Å². The average Bonchev–Trinajstić information content (AvgIpc) is 3.25. The van der Waals surface area contributed by atoms with Gasteiger partial charge < -0.3 is 9.67 Å². The van der Waals surface area contributed by atoms with Crippen molar-refractivity contribution >= 4 is 22.4 Å². The van der Waals surface area contributed by atoms with E-state index in [2.05, 4.69) is 16.0 Å². The zero-order valence-electron chi connectivity index (χ0n) is 14.6. The third-order valence-electron chi connectivity index (χ3n) is 5.14. The van der Waals surface area contributed by atoms with E-state index in [-0.39, 0.29) is 12.2 Å². The largest absolute Gasteiger partial charge is 0.431 e. The molecule has 0 saturated carbocycles. The number of fused-ring (bicyclic) bond motifs is 1. The Labute approximate surface area is 158 Å². The molecular formula is C19H20F3N3OS. The van der Waals surface area contributed by atoms with Crippen LogP contribution < -0.4 is 0 Å². The second-order valence-electron chi connectivity index (χ2n) is 7.11. The number of pyridine rings is 1. The van der Waals surface area contributed by atoms with Crippen LogP contribution in [0.1, 0.15) is 23.4 Å². The lowest BCUT2D eigenvalue weighted by Gasteiger charge is -2.38. The van der Waals surface area contributed by atoms with Crippen molar-refractivity contribution in [2.24, 2.45) is 0 Å². The Morgan fingerprint density at radius 2 is 1.96 bits per heavy atom. The molecule has 0 aromatic carbocycles. The molecule has 1 aliphatic rings. The van der Waals surface area contributed by atoms with Crippen molar-refractivity contribution in [3.8, 4) is 0 Å². The summed E-state index contributed by atoms with van der Waals surface area (Å²) in [6.45, 7) is 2.02. The molecule has 1 aliphatic heterocycles. The van der Waals surface area contributed by atoms with Gasteiger partial charge in [0.2, 0.25) is 0 Å². The van der Waals surface area contributed by atoms with E-state index in [0.717, 1.165) is 17.2 Å². The average molecular weight is 395 g/mol. The third-order valence-corrected chi connectivity index (χ3v) is 6.01. The van der Waals surface area contributed by atoms with Crippen molar-refractivity contribution in [3.63, 3.8) is 0 Å². The second kappa shape index (κ2) is 6.92. The number of likely N-dealkylation sites (tertiary alicyclic amines) is 1. The minimum Gasteiger partial charge on any atom is -0.388 e. The molecule has 8 heteroatoms. The first-order valence-corrected chi connectivity index (χ1v) is 9.71. The number of piperidine rings is 1. The molecular weight excluding hydrogens is 375 g/mol. The van der Waals surface area contributed by atoms with Crippen LogP contribution in [-0.2, 0) is 19.3 Å². The van der Waals surface area contributed by atoms with Gasteiger partial charge in [-0.25, -0.2) is 4.98 Å². The molecule has 0 unspecified atom stereocenters. The van der Waals surface area contributed by atoms with Gasteiger partial charge >= 0.3 is 6.18 Å². The van der Waals surface area contributed by atoms with Crippen LogP contribution in [0.2, 0.25) is 0 Å². The molecule has 1 N–H and O–H groups in total. The molecule has 3 aromatic heterocycles. The molecule has 4 heterocycles. The molecule has 1 fully saturated rings. The highest BCUT2D eigenvalue weighted by Crippen LogP contribution is 2.36. The molecule has 0 radical (unpaired) electrons. The lowest BCUT2D eigenvalue weighted by atomic mass is 9.91. The van der Waals surface area contributed by atoms with Crippen molar-refractivity contribution < 1.29 is 18.3 Å². The maximum absolute atomic E-state index is 13.5. The number of aliphatic hydroxyl groups is 1. The fourth-order valence-corrected chi connectivity index (χ4v) is 4.43. The number of thiophene rings is 1. The van der Waals surface area contributed by atoms with Gasteiger partial charge in [-0.05, 0) is 42.5 Å². The summed E-state index contributed by atoms with van der Waals surface area (Å²) >= 11 is 1.68. The number of halogens is 3. The zero-order valence-corrected chi connectivity index (χ0v) is 15.4. The summed E-state index contributed by atoms with van der Waals surface area (Å²) in [5, 5.41) is 13.5. The highest BCUT2D eigenvalue weighted by Gasteiger charge is 2.39. The molecule has 1 saturated heterocycles. The van der Waals surface area contributed by atoms with Gasteiger partial charge in [0, 0.05) is 36.1 Å². The van der Waals surface area contributed by atoms with E-state index in [0.29, 0.717) is 31.3 Å². The van der Waals surface area contributed by atoms with Crippen molar-refractivity contribution in [1.82, 2.24) is 14.5 Å². The zero-order chi connectivity index (χ0) is 19.1. The lowest BCUT2D eigenvalue weighted by molar-refractivity contribution is -0.145. The number of alkyl halides is 3. The molecule has 3 aromatic rings. The van der Waals surface area contributed by atoms with Gasteiger partial charge in [-0.2, -0.15) is 13.2 Å². The standard InChI is InChI=1S/C19H20F3N3OS/c20-19(21,22)16-11-14-3-1-7-23-17(14)25(16)13-18(26)5-8-24(9-6-18)12-15-4-2-10-27-15/h1-4,7,10-11,26H,5-6,8-9,12-13H2. The summed E-state index contributed by atoms with van der Waals surface area (Å²) in [7, 11) is 0. The van der Waals surface area contributed by atoms with Gasteiger partial charge in [-0.15, -0.1) is 11.3 Å². The maximum Gasteiger partial charge on any atom is 0.431 e. The van der Waals surface area contributed by atoms with E-state index in [4.69, 9.17) is 0 Å². The number of hydrogen-bond donors (Lipinski definition) is 1. The van der Waals surface area contributed by atoms with Crippen molar-refractivity contribution in [2.45, 2.75) is 37.7 Å². The van der Waals surface area contributed by atoms with Gasteiger partial charge in [0.05, 0.1) is 12.1 Å². The molecule has 0 aliphatic carbocycles. The first kappa shape index (κ1) is 18.5. The van der Waals surface area contributed by atoms with Crippen LogP contribution in [0.3, 0.4) is 0 Å². The molecule has 144 valence electrons. The first-order chi connectivity index (χ1) is 12.8. The van der Waals surface area contributed by atoms with Gasteiger partial charge in [-0.3, -0.25) is 4.90 Å². The van der Waals surface area contributed by atoms with Crippen LogP contribution in [0.5, 0.6) is 0 Å². The topological polar surface area (TPSA) is 41.3 Å². The molecule has 0 spiro atoms. The van der Waals surface area contributed by atoms with E-state index >= 15 is 0 Å². The summed E-state index contributed by atoms with van der Waals surface area (Å²) in [5.74, 6) is 0. The summed E-state index contributed by atoms with van der Waals surface area (Å²) in [6.07, 6.45) is -2.14. The van der Waals surface area contributed by atoms with Crippen molar-refractivity contribution in [3.05, 3.63) is 52.5 Å². The Hall–Kier alpha value is -1.90. The molecule has 0 amide bonds. The van der Waals surface area contributed by atoms with E-state index in [1.807, 2.05) is 11.4 Å². The van der Waals surface area contributed by atoms with E-state index < -0.39 is 17.5 Å². The van der Waals surface area contributed by atoms with Gasteiger partial charge in [0.1, 0.15) is 11.3 Å². The maximum atomic E-state index is 13.5. The predicted molar refractivity (Wildman–Crippen MR) is 98.5 cm³/mol. The van der Waals surface area contributed by atoms with Crippen molar-refractivity contribution in [1.29, 1.82) is 0 Å². The van der Waals surface area contributed by atoms with Crippen LogP contribution in [-0.4, -0.2) is 38.2 Å². The minimum absolute atomic E-state index is 0.102. The fourth-order valence-electron chi connectivity index (χ4n) is 3.68. The quantitative estimate of drug-likeness (QED) is 0.722. The summed E-state index contributed by atoms with van der Waals surface area (Å²) in [6, 6.07) is 8.41. The Kier molecular flexibility index (Phi) is 4.73. The monoisotopic (exact) mass is 395 g/mol. The van der Waals surface area contributed by atoms with Crippen LogP contribution in [0.4, 0.5) is 13.2 Å². The first-order valence-electron chi connectivity index (χ1n) is 8.83. The number of aromatic nitrogens is 2. The summed E-state index contributed by atoms with van der Waals surface area (Å²) in [4.78, 5) is 7.60. The molecule has 0 atom stereocenters. The van der Waals surface area contributed by atoms with Crippen LogP contribution >= 0.6 is 11.3 Å². The van der Waals surface area contributed by atoms with Crippen molar-refractivity contribution in [2.75, 3.05) is 13.1 Å². The summed E-state index contributed by atoms with van der Waals surface area (Å²) < 4.78 is 41.6. The lowest BCUT2D eigenvalue weighted by Crippen LogP contribution is -2.46. The van der Waals surface area contributed by atoms with Crippen LogP contribution in [0.25, 0.3) is 11.0 Å². The molecule has 4 nitrogen and oxygen atoms in total. The highest BCUT2D eigenvalue weighted by molar-refractivity contribution is 7.09. The van der Waals surface area contributed by atoms with E-state index in [1.54, 1.807) is 23.5 Å². The highest BCUT2D eigenvalue weighted by atomic mass is 32.1. The molecule has 4 rings (SSSR count). The Balaban J connectivity index is 1.54. The number of nitrogens with zero attached hydrogens (tertiary/aromatic N) is 3. The Morgan fingerprint density at radius 3 is 2.63 bits per heavy atom. The van der Waals surface area contributed by atoms with E-state index in [1.165, 1.54) is 11.1 Å². The Bertz CT molecular complexity index is 912. The smallest absolute Gasteiger partial charge is 0.388 e. The van der Waals surface area contributed by atoms with Crippen LogP contribution in [0.15, 0.2) is 41.9 Å². The predicted octanol–water partition coefficient (Wildman–Crippen LogP) is 4.14. The Morgan fingerprint density at radius 1 is 1.19 bits per heavy atom. The van der Waals surface area contributed by atoms with Gasteiger partial charge in [-0.1, -0.05) is 6.07 Å². The van der Waals surface area contributed by atoms with Gasteiger partial charge in [0.25, 0.3) is 0 Å². The molecule has 0 bridgehead atoms.